The van der Waals surface area contributed by atoms with Crippen LogP contribution in [-0.4, -0.2) is 21.6 Å². The fourth-order valence-corrected chi connectivity index (χ4v) is 5.00. The molecule has 192 valence electrons. The number of aryl methyl sites for hydroxylation is 3. The van der Waals surface area contributed by atoms with E-state index in [0.717, 1.165) is 22.4 Å². The van der Waals surface area contributed by atoms with Gasteiger partial charge in [0, 0.05) is 27.7 Å². The molecule has 3 aromatic carbocycles. The number of rotatable bonds is 5. The van der Waals surface area contributed by atoms with Crippen molar-refractivity contribution >= 4 is 40.6 Å². The van der Waals surface area contributed by atoms with Crippen LogP contribution in [-0.2, 0) is 4.79 Å². The predicted molar refractivity (Wildman–Crippen MR) is 152 cm³/mol. The van der Waals surface area contributed by atoms with E-state index in [2.05, 4.69) is 21.0 Å². The minimum absolute atomic E-state index is 0.279. The first-order chi connectivity index (χ1) is 18.2. The van der Waals surface area contributed by atoms with Crippen molar-refractivity contribution in [1.82, 2.24) is 9.78 Å². The van der Waals surface area contributed by atoms with E-state index in [1.807, 2.05) is 88.4 Å². The third-order valence-electron chi connectivity index (χ3n) is 6.62. The molecule has 1 aliphatic heterocycles. The summed E-state index contributed by atoms with van der Waals surface area (Å²) in [6.07, 6.45) is 1.51. The van der Waals surface area contributed by atoms with Gasteiger partial charge in [0.15, 0.2) is 0 Å². The summed E-state index contributed by atoms with van der Waals surface area (Å²) in [5.74, 6) is -0.0994. The molecule has 1 aliphatic rings. The summed E-state index contributed by atoms with van der Waals surface area (Å²) in [5.41, 5.74) is 6.65. The number of nitrogens with zero attached hydrogens (tertiary/aromatic N) is 2. The van der Waals surface area contributed by atoms with Gasteiger partial charge in [0.05, 0.1) is 11.8 Å². The summed E-state index contributed by atoms with van der Waals surface area (Å²) in [5, 5.41) is 14.3. The average Bonchev–Trinajstić information content (AvgIpc) is 3.29. The van der Waals surface area contributed by atoms with Gasteiger partial charge in [-0.3, -0.25) is 9.59 Å². The number of halogens is 1. The number of anilines is 3. The average molecular weight is 526 g/mol. The lowest BCUT2D eigenvalue weighted by Gasteiger charge is -2.30. The highest BCUT2D eigenvalue weighted by Crippen LogP contribution is 2.40. The number of benzene rings is 3. The highest BCUT2D eigenvalue weighted by atomic mass is 35.5. The number of allylic oxidation sites excluding steroid dienone is 1. The van der Waals surface area contributed by atoms with Gasteiger partial charge in [0.1, 0.15) is 17.4 Å². The van der Waals surface area contributed by atoms with E-state index in [0.29, 0.717) is 38.9 Å². The molecule has 0 radical (unpaired) electrons. The first kappa shape index (κ1) is 25.3. The van der Waals surface area contributed by atoms with E-state index in [-0.39, 0.29) is 11.8 Å². The Labute approximate surface area is 226 Å². The molecule has 0 spiro atoms. The predicted octanol–water partition coefficient (Wildman–Crippen LogP) is 6.64. The second-order valence-corrected chi connectivity index (χ2v) is 9.94. The summed E-state index contributed by atoms with van der Waals surface area (Å²) < 4.78 is 1.65. The van der Waals surface area contributed by atoms with Gasteiger partial charge in [-0.15, -0.1) is 0 Å². The first-order valence-corrected chi connectivity index (χ1v) is 12.7. The van der Waals surface area contributed by atoms with Crippen molar-refractivity contribution in [2.24, 2.45) is 0 Å². The van der Waals surface area contributed by atoms with Crippen LogP contribution in [0, 0.1) is 20.8 Å². The standard InChI is InChI=1S/C30H28ClN5O2/c1-17-8-7-9-21(15-17)34-29(37)23-16-32-36-27(22-10-5-6-11-24(22)31)26(20(4)33-28(23)36)30(38)35-25-13-12-18(2)14-19(25)3/h5-16,27,33H,1-4H3,(H,34,37)(H,35,38). The topological polar surface area (TPSA) is 88.0 Å². The molecule has 1 aromatic heterocycles. The Balaban J connectivity index is 1.56. The largest absolute Gasteiger partial charge is 0.343 e. The quantitative estimate of drug-likeness (QED) is 0.272. The van der Waals surface area contributed by atoms with E-state index in [4.69, 9.17) is 11.6 Å². The molecule has 0 saturated carbocycles. The van der Waals surface area contributed by atoms with Gasteiger partial charge in [-0.05, 0) is 63.1 Å². The molecule has 0 fully saturated rings. The SMILES string of the molecule is CC1=C(C(=O)Nc2ccc(C)cc2C)C(c2ccccc2Cl)n2ncc(C(=O)Nc3cccc(C)c3)c2N1. The number of carbonyl (C=O) groups is 2. The molecule has 0 aliphatic carbocycles. The van der Waals surface area contributed by atoms with Crippen molar-refractivity contribution in [2.75, 3.05) is 16.0 Å². The zero-order valence-corrected chi connectivity index (χ0v) is 22.4. The maximum atomic E-state index is 13.8. The number of aromatic nitrogens is 2. The molecule has 0 saturated heterocycles. The number of nitrogens with one attached hydrogen (secondary N) is 3. The molecule has 2 amide bonds. The fraction of sp³-hybridized carbons (Fsp3) is 0.167. The van der Waals surface area contributed by atoms with Crippen LogP contribution < -0.4 is 16.0 Å². The van der Waals surface area contributed by atoms with Crippen LogP contribution in [0.1, 0.15) is 45.6 Å². The number of amides is 2. The molecule has 8 heteroatoms. The Morgan fingerprint density at radius 3 is 2.39 bits per heavy atom. The lowest BCUT2D eigenvalue weighted by molar-refractivity contribution is -0.113. The van der Waals surface area contributed by atoms with E-state index in [1.165, 1.54) is 6.20 Å². The zero-order valence-electron chi connectivity index (χ0n) is 21.6. The van der Waals surface area contributed by atoms with Gasteiger partial charge in [0.25, 0.3) is 11.8 Å². The second kappa shape index (κ2) is 10.2. The number of hydrogen-bond donors (Lipinski definition) is 3. The third kappa shape index (κ3) is 4.80. The molecule has 2 heterocycles. The molecule has 1 atom stereocenters. The summed E-state index contributed by atoms with van der Waals surface area (Å²) >= 11 is 6.64. The minimum atomic E-state index is -0.647. The fourth-order valence-electron chi connectivity index (χ4n) is 4.76. The Kier molecular flexibility index (Phi) is 6.78. The van der Waals surface area contributed by atoms with Gasteiger partial charge >= 0.3 is 0 Å². The summed E-state index contributed by atoms with van der Waals surface area (Å²) in [4.78, 5) is 27.0. The van der Waals surface area contributed by atoms with Crippen LogP contribution in [0.15, 0.2) is 84.2 Å². The third-order valence-corrected chi connectivity index (χ3v) is 6.96. The number of carbonyl (C=O) groups excluding carboxylic acids is 2. The van der Waals surface area contributed by atoms with Crippen LogP contribution in [0.2, 0.25) is 5.02 Å². The van der Waals surface area contributed by atoms with Crippen LogP contribution in [0.25, 0.3) is 0 Å². The van der Waals surface area contributed by atoms with E-state index < -0.39 is 6.04 Å². The summed E-state index contributed by atoms with van der Waals surface area (Å²) in [6.45, 7) is 7.75. The van der Waals surface area contributed by atoms with Crippen molar-refractivity contribution < 1.29 is 9.59 Å². The van der Waals surface area contributed by atoms with Gasteiger partial charge in [-0.25, -0.2) is 4.68 Å². The Morgan fingerprint density at radius 1 is 0.895 bits per heavy atom. The van der Waals surface area contributed by atoms with Crippen molar-refractivity contribution in [3.05, 3.63) is 117 Å². The maximum Gasteiger partial charge on any atom is 0.261 e. The van der Waals surface area contributed by atoms with Gasteiger partial charge in [-0.1, -0.05) is 59.6 Å². The number of fused-ring (bicyclic) bond motifs is 1. The van der Waals surface area contributed by atoms with E-state index in [1.54, 1.807) is 10.7 Å². The van der Waals surface area contributed by atoms with Crippen LogP contribution in [0.4, 0.5) is 17.2 Å². The molecular formula is C30H28ClN5O2. The Bertz CT molecular complexity index is 1600. The summed E-state index contributed by atoms with van der Waals surface area (Å²) in [6, 6.07) is 20.2. The smallest absolute Gasteiger partial charge is 0.261 e. The monoisotopic (exact) mass is 525 g/mol. The molecular weight excluding hydrogens is 498 g/mol. The van der Waals surface area contributed by atoms with Crippen LogP contribution >= 0.6 is 11.6 Å². The molecule has 0 bridgehead atoms. The first-order valence-electron chi connectivity index (χ1n) is 12.3. The van der Waals surface area contributed by atoms with E-state index >= 15 is 0 Å². The van der Waals surface area contributed by atoms with Crippen molar-refractivity contribution in [3.8, 4) is 0 Å². The lowest BCUT2D eigenvalue weighted by atomic mass is 9.94. The molecule has 1 unspecified atom stereocenters. The van der Waals surface area contributed by atoms with Gasteiger partial charge < -0.3 is 16.0 Å². The highest BCUT2D eigenvalue weighted by Gasteiger charge is 2.36. The van der Waals surface area contributed by atoms with Gasteiger partial charge in [-0.2, -0.15) is 5.10 Å². The Morgan fingerprint density at radius 2 is 1.66 bits per heavy atom. The lowest BCUT2D eigenvalue weighted by Crippen LogP contribution is -2.32. The van der Waals surface area contributed by atoms with Crippen molar-refractivity contribution in [3.63, 3.8) is 0 Å². The normalized spacial score (nSPS) is 14.5. The second-order valence-electron chi connectivity index (χ2n) is 9.54. The molecule has 3 N–H and O–H groups in total. The zero-order chi connectivity index (χ0) is 27.0. The molecule has 38 heavy (non-hydrogen) atoms. The molecule has 4 aromatic rings. The summed E-state index contributed by atoms with van der Waals surface area (Å²) in [7, 11) is 0. The van der Waals surface area contributed by atoms with Gasteiger partial charge in [0.2, 0.25) is 0 Å². The van der Waals surface area contributed by atoms with Crippen LogP contribution in [0.3, 0.4) is 0 Å². The Hall–Kier alpha value is -4.36. The maximum absolute atomic E-state index is 13.8. The molecule has 5 rings (SSSR count). The van der Waals surface area contributed by atoms with E-state index in [9.17, 15) is 9.59 Å². The highest BCUT2D eigenvalue weighted by molar-refractivity contribution is 6.31. The minimum Gasteiger partial charge on any atom is -0.343 e. The van der Waals surface area contributed by atoms with Crippen molar-refractivity contribution in [2.45, 2.75) is 33.7 Å². The molecule has 7 nitrogen and oxygen atoms in total. The van der Waals surface area contributed by atoms with Crippen LogP contribution in [0.5, 0.6) is 0 Å². The number of hydrogen-bond acceptors (Lipinski definition) is 4. The van der Waals surface area contributed by atoms with Crippen molar-refractivity contribution in [1.29, 1.82) is 0 Å².